The van der Waals surface area contributed by atoms with E-state index >= 15 is 0 Å². The van der Waals surface area contributed by atoms with Gasteiger partial charge >= 0.3 is 0 Å². The fraction of sp³-hybridized carbons (Fsp3) is 0.250. The Balaban J connectivity index is 2.20. The molecule has 0 radical (unpaired) electrons. The van der Waals surface area contributed by atoms with Crippen molar-refractivity contribution >= 4 is 5.90 Å². The van der Waals surface area contributed by atoms with Gasteiger partial charge in [0, 0.05) is 5.57 Å². The normalized spacial score (nSPS) is 20.1. The lowest BCUT2D eigenvalue weighted by Gasteiger charge is -2.03. The molecule has 14 heavy (non-hydrogen) atoms. The summed E-state index contributed by atoms with van der Waals surface area (Å²) in [4.78, 5) is 4.45. The van der Waals surface area contributed by atoms with Gasteiger partial charge in [0.1, 0.15) is 12.6 Å². The number of hydrogen-bond donors (Lipinski definition) is 0. The van der Waals surface area contributed by atoms with Crippen molar-refractivity contribution in [1.29, 1.82) is 0 Å². The van der Waals surface area contributed by atoms with Crippen LogP contribution in [0.3, 0.4) is 0 Å². The van der Waals surface area contributed by atoms with Crippen LogP contribution in [0.15, 0.2) is 47.5 Å². The highest BCUT2D eigenvalue weighted by Crippen LogP contribution is 2.23. The van der Waals surface area contributed by atoms with Gasteiger partial charge in [0.05, 0.1) is 0 Å². The van der Waals surface area contributed by atoms with E-state index in [4.69, 9.17) is 4.74 Å². The maximum Gasteiger partial charge on any atom is 0.211 e. The minimum absolute atomic E-state index is 0.142. The monoisotopic (exact) mass is 187 g/mol. The molecule has 72 valence electrons. The van der Waals surface area contributed by atoms with E-state index in [0.29, 0.717) is 12.5 Å². The van der Waals surface area contributed by atoms with Crippen LogP contribution in [0.1, 0.15) is 18.5 Å². The standard InChI is InChI=1S/C12H13NO/c1-9(2)12-13-11(8-14-12)10-6-4-3-5-7-10/h3-7,11H,1,8H2,2H3/t11-/m1/s1. The lowest BCUT2D eigenvalue weighted by atomic mass is 10.1. The van der Waals surface area contributed by atoms with Crippen molar-refractivity contribution in [1.82, 2.24) is 0 Å². The molecule has 0 fully saturated rings. The van der Waals surface area contributed by atoms with Gasteiger partial charge in [-0.05, 0) is 12.5 Å². The summed E-state index contributed by atoms with van der Waals surface area (Å²) >= 11 is 0. The van der Waals surface area contributed by atoms with Gasteiger partial charge in [-0.25, -0.2) is 4.99 Å². The van der Waals surface area contributed by atoms with Crippen LogP contribution >= 0.6 is 0 Å². The number of aliphatic imine (C=N–C) groups is 1. The first-order valence-electron chi connectivity index (χ1n) is 4.69. The summed E-state index contributed by atoms with van der Waals surface area (Å²) in [6.07, 6.45) is 0. The minimum Gasteiger partial charge on any atom is -0.475 e. The van der Waals surface area contributed by atoms with Crippen molar-refractivity contribution in [2.75, 3.05) is 6.61 Å². The summed E-state index contributed by atoms with van der Waals surface area (Å²) in [6.45, 7) is 6.35. The predicted octanol–water partition coefficient (Wildman–Crippen LogP) is 2.73. The van der Waals surface area contributed by atoms with Crippen LogP contribution in [0.4, 0.5) is 0 Å². The first kappa shape index (κ1) is 9.00. The fourth-order valence-electron chi connectivity index (χ4n) is 1.45. The Kier molecular flexibility index (Phi) is 2.35. The molecule has 1 aromatic carbocycles. The molecule has 0 N–H and O–H groups in total. The summed E-state index contributed by atoms with van der Waals surface area (Å²) in [6, 6.07) is 10.3. The van der Waals surface area contributed by atoms with Crippen molar-refractivity contribution in [2.24, 2.45) is 4.99 Å². The number of nitrogens with zero attached hydrogens (tertiary/aromatic N) is 1. The van der Waals surface area contributed by atoms with Crippen LogP contribution in [-0.4, -0.2) is 12.5 Å². The topological polar surface area (TPSA) is 21.6 Å². The molecule has 0 aliphatic carbocycles. The fourth-order valence-corrected chi connectivity index (χ4v) is 1.45. The number of benzene rings is 1. The van der Waals surface area contributed by atoms with Gasteiger partial charge in [0.15, 0.2) is 0 Å². The molecular weight excluding hydrogens is 174 g/mol. The molecule has 0 saturated carbocycles. The van der Waals surface area contributed by atoms with Gasteiger partial charge in [0.2, 0.25) is 5.90 Å². The first-order valence-corrected chi connectivity index (χ1v) is 4.69. The molecular formula is C12H13NO. The maximum atomic E-state index is 5.43. The van der Waals surface area contributed by atoms with E-state index in [1.165, 1.54) is 5.56 Å². The van der Waals surface area contributed by atoms with E-state index < -0.39 is 0 Å². The van der Waals surface area contributed by atoms with Crippen LogP contribution in [0.5, 0.6) is 0 Å². The molecule has 0 amide bonds. The van der Waals surface area contributed by atoms with Crippen molar-refractivity contribution < 1.29 is 4.74 Å². The van der Waals surface area contributed by atoms with Gasteiger partial charge < -0.3 is 4.74 Å². The highest BCUT2D eigenvalue weighted by molar-refractivity contribution is 5.93. The van der Waals surface area contributed by atoms with E-state index in [1.807, 2.05) is 25.1 Å². The molecule has 2 rings (SSSR count). The van der Waals surface area contributed by atoms with Crippen molar-refractivity contribution in [3.8, 4) is 0 Å². The zero-order valence-electron chi connectivity index (χ0n) is 8.23. The molecule has 1 aliphatic rings. The highest BCUT2D eigenvalue weighted by Gasteiger charge is 2.20. The van der Waals surface area contributed by atoms with E-state index in [9.17, 15) is 0 Å². The predicted molar refractivity (Wildman–Crippen MR) is 57.4 cm³/mol. The molecule has 0 spiro atoms. The highest BCUT2D eigenvalue weighted by atomic mass is 16.5. The average Bonchev–Trinajstić information content (AvgIpc) is 2.68. The molecule has 0 unspecified atom stereocenters. The summed E-state index contributed by atoms with van der Waals surface area (Å²) in [5.74, 6) is 0.693. The Morgan fingerprint density at radius 3 is 2.71 bits per heavy atom. The summed E-state index contributed by atoms with van der Waals surface area (Å²) in [7, 11) is 0. The second-order valence-electron chi connectivity index (χ2n) is 3.45. The van der Waals surface area contributed by atoms with Gasteiger partial charge in [-0.2, -0.15) is 0 Å². The van der Waals surface area contributed by atoms with Gasteiger partial charge in [-0.15, -0.1) is 0 Å². The van der Waals surface area contributed by atoms with Crippen LogP contribution in [0, 0.1) is 0 Å². The lowest BCUT2D eigenvalue weighted by molar-refractivity contribution is 0.319. The average molecular weight is 187 g/mol. The van der Waals surface area contributed by atoms with Crippen molar-refractivity contribution in [3.05, 3.63) is 48.0 Å². The second-order valence-corrected chi connectivity index (χ2v) is 3.45. The maximum absolute atomic E-state index is 5.43. The SMILES string of the molecule is C=C(C)C1=N[C@@H](c2ccccc2)CO1. The summed E-state index contributed by atoms with van der Waals surface area (Å²) < 4.78 is 5.43. The van der Waals surface area contributed by atoms with Gasteiger partial charge in [-0.3, -0.25) is 0 Å². The van der Waals surface area contributed by atoms with Crippen LogP contribution in [-0.2, 0) is 4.74 Å². The molecule has 0 aromatic heterocycles. The number of hydrogen-bond acceptors (Lipinski definition) is 2. The zero-order valence-corrected chi connectivity index (χ0v) is 8.23. The Hall–Kier alpha value is -1.57. The summed E-state index contributed by atoms with van der Waals surface area (Å²) in [5.41, 5.74) is 2.09. The first-order chi connectivity index (χ1) is 6.77. The van der Waals surface area contributed by atoms with Crippen molar-refractivity contribution in [3.63, 3.8) is 0 Å². The third kappa shape index (κ3) is 1.69. The molecule has 1 aliphatic heterocycles. The number of ether oxygens (including phenoxy) is 1. The van der Waals surface area contributed by atoms with Crippen LogP contribution < -0.4 is 0 Å². The summed E-state index contributed by atoms with van der Waals surface area (Å²) in [5, 5.41) is 0. The van der Waals surface area contributed by atoms with E-state index in [-0.39, 0.29) is 6.04 Å². The van der Waals surface area contributed by atoms with Crippen molar-refractivity contribution in [2.45, 2.75) is 13.0 Å². The van der Waals surface area contributed by atoms with Gasteiger partial charge in [0.25, 0.3) is 0 Å². The van der Waals surface area contributed by atoms with Gasteiger partial charge in [-0.1, -0.05) is 36.9 Å². The van der Waals surface area contributed by atoms with E-state index in [2.05, 4.69) is 23.7 Å². The van der Waals surface area contributed by atoms with Crippen LogP contribution in [0.25, 0.3) is 0 Å². The molecule has 1 heterocycles. The Morgan fingerprint density at radius 1 is 1.43 bits per heavy atom. The third-order valence-corrected chi connectivity index (χ3v) is 2.20. The quantitative estimate of drug-likeness (QED) is 0.697. The van der Waals surface area contributed by atoms with E-state index in [0.717, 1.165) is 5.57 Å². The minimum atomic E-state index is 0.142. The molecule has 1 atom stereocenters. The smallest absolute Gasteiger partial charge is 0.211 e. The molecule has 0 saturated heterocycles. The van der Waals surface area contributed by atoms with Crippen LogP contribution in [0.2, 0.25) is 0 Å². The van der Waals surface area contributed by atoms with E-state index in [1.54, 1.807) is 0 Å². The molecule has 2 nitrogen and oxygen atoms in total. The third-order valence-electron chi connectivity index (χ3n) is 2.20. The molecule has 0 bridgehead atoms. The molecule has 1 aromatic rings. The second kappa shape index (κ2) is 3.66. The Labute approximate surface area is 83.9 Å². The zero-order chi connectivity index (χ0) is 9.97. The largest absolute Gasteiger partial charge is 0.475 e. The Morgan fingerprint density at radius 2 is 2.14 bits per heavy atom. The Bertz CT molecular complexity index is 367. The lowest BCUT2D eigenvalue weighted by Crippen LogP contribution is -1.99. The number of rotatable bonds is 2. The molecule has 2 heteroatoms.